The van der Waals surface area contributed by atoms with Gasteiger partial charge < -0.3 is 5.32 Å². The molecule has 0 aliphatic heterocycles. The third-order valence-electron chi connectivity index (χ3n) is 3.58. The second-order valence-electron chi connectivity index (χ2n) is 5.08. The zero-order valence-electron chi connectivity index (χ0n) is 11.8. The second kappa shape index (κ2) is 5.78. The minimum Gasteiger partial charge on any atom is -0.377 e. The molecule has 3 aromatic rings. The Hall–Kier alpha value is -1.39. The van der Waals surface area contributed by atoms with Crippen molar-refractivity contribution in [3.8, 4) is 0 Å². The van der Waals surface area contributed by atoms with Crippen LogP contribution in [0.1, 0.15) is 23.4 Å². The summed E-state index contributed by atoms with van der Waals surface area (Å²) in [6, 6.07) is 13.3. The minimum atomic E-state index is -0.238. The van der Waals surface area contributed by atoms with Gasteiger partial charge in [-0.05, 0) is 65.0 Å². The fraction of sp³-hybridized carbons (Fsp3) is 0.176. The highest BCUT2D eigenvalue weighted by atomic mass is 79.9. The molecule has 3 rings (SSSR count). The molecule has 0 radical (unpaired) electrons. The summed E-state index contributed by atoms with van der Waals surface area (Å²) in [6.07, 6.45) is 0. The summed E-state index contributed by atoms with van der Waals surface area (Å²) < 4.78 is 15.2. The number of hydrogen-bond donors (Lipinski definition) is 1. The van der Waals surface area contributed by atoms with Crippen molar-refractivity contribution in [1.29, 1.82) is 0 Å². The number of aryl methyl sites for hydroxylation is 1. The number of anilines is 1. The fourth-order valence-electron chi connectivity index (χ4n) is 2.51. The van der Waals surface area contributed by atoms with E-state index in [4.69, 9.17) is 0 Å². The zero-order chi connectivity index (χ0) is 15.0. The highest BCUT2D eigenvalue weighted by Gasteiger charge is 2.15. The molecule has 1 unspecified atom stereocenters. The SMILES string of the molecule is Cc1c(C(C)Nc2ccc(F)cc2Br)sc2ccccc12. The Bertz CT molecular complexity index is 797. The van der Waals surface area contributed by atoms with Crippen LogP contribution in [0.2, 0.25) is 0 Å². The Morgan fingerprint density at radius 1 is 1.19 bits per heavy atom. The van der Waals surface area contributed by atoms with Gasteiger partial charge in [-0.1, -0.05) is 18.2 Å². The van der Waals surface area contributed by atoms with Crippen LogP contribution in [-0.4, -0.2) is 0 Å². The van der Waals surface area contributed by atoms with Gasteiger partial charge in [-0.2, -0.15) is 0 Å². The summed E-state index contributed by atoms with van der Waals surface area (Å²) in [4.78, 5) is 1.31. The number of benzene rings is 2. The quantitative estimate of drug-likeness (QED) is 0.576. The lowest BCUT2D eigenvalue weighted by Gasteiger charge is -2.16. The van der Waals surface area contributed by atoms with Crippen molar-refractivity contribution in [3.63, 3.8) is 0 Å². The molecule has 1 N–H and O–H groups in total. The van der Waals surface area contributed by atoms with Gasteiger partial charge in [0.05, 0.1) is 6.04 Å². The number of thiophene rings is 1. The van der Waals surface area contributed by atoms with E-state index in [2.05, 4.69) is 59.4 Å². The predicted octanol–water partition coefficient (Wildman–Crippen LogP) is 6.28. The normalized spacial score (nSPS) is 12.6. The largest absolute Gasteiger partial charge is 0.377 e. The lowest BCUT2D eigenvalue weighted by molar-refractivity contribution is 0.627. The van der Waals surface area contributed by atoms with Gasteiger partial charge >= 0.3 is 0 Å². The number of nitrogens with one attached hydrogen (secondary N) is 1. The predicted molar refractivity (Wildman–Crippen MR) is 92.7 cm³/mol. The Morgan fingerprint density at radius 2 is 1.95 bits per heavy atom. The Labute approximate surface area is 135 Å². The number of fused-ring (bicyclic) bond motifs is 1. The molecule has 1 heterocycles. The van der Waals surface area contributed by atoms with Crippen molar-refractivity contribution in [2.75, 3.05) is 5.32 Å². The molecule has 108 valence electrons. The maximum Gasteiger partial charge on any atom is 0.124 e. The number of rotatable bonds is 3. The van der Waals surface area contributed by atoms with Crippen LogP contribution in [0.3, 0.4) is 0 Å². The molecule has 0 amide bonds. The molecule has 0 aliphatic rings. The molecular weight excluding hydrogens is 349 g/mol. The Balaban J connectivity index is 1.93. The van der Waals surface area contributed by atoms with Gasteiger partial charge in [0.15, 0.2) is 0 Å². The molecule has 1 atom stereocenters. The van der Waals surface area contributed by atoms with Crippen molar-refractivity contribution in [2.24, 2.45) is 0 Å². The third-order valence-corrected chi connectivity index (χ3v) is 5.69. The van der Waals surface area contributed by atoms with Crippen LogP contribution >= 0.6 is 27.3 Å². The molecule has 0 spiro atoms. The summed E-state index contributed by atoms with van der Waals surface area (Å²) in [6.45, 7) is 4.29. The van der Waals surface area contributed by atoms with Crippen molar-refractivity contribution in [2.45, 2.75) is 19.9 Å². The average Bonchev–Trinajstić information content (AvgIpc) is 2.80. The van der Waals surface area contributed by atoms with Gasteiger partial charge in [0.25, 0.3) is 0 Å². The van der Waals surface area contributed by atoms with E-state index in [0.717, 1.165) is 10.2 Å². The molecule has 0 fully saturated rings. The lowest BCUT2D eigenvalue weighted by atomic mass is 10.1. The van der Waals surface area contributed by atoms with Gasteiger partial charge in [-0.25, -0.2) is 4.39 Å². The van der Waals surface area contributed by atoms with E-state index in [9.17, 15) is 4.39 Å². The van der Waals surface area contributed by atoms with Crippen molar-refractivity contribution in [3.05, 3.63) is 63.2 Å². The average molecular weight is 364 g/mol. The number of hydrogen-bond acceptors (Lipinski definition) is 2. The molecule has 0 bridgehead atoms. The van der Waals surface area contributed by atoms with E-state index >= 15 is 0 Å². The van der Waals surface area contributed by atoms with Gasteiger partial charge in [-0.3, -0.25) is 0 Å². The van der Waals surface area contributed by atoms with Crippen molar-refractivity contribution in [1.82, 2.24) is 0 Å². The molecular formula is C17H15BrFNS. The van der Waals surface area contributed by atoms with Crippen LogP contribution in [0.25, 0.3) is 10.1 Å². The van der Waals surface area contributed by atoms with E-state index < -0.39 is 0 Å². The maximum absolute atomic E-state index is 13.2. The molecule has 1 nitrogen and oxygen atoms in total. The van der Waals surface area contributed by atoms with E-state index in [1.54, 1.807) is 6.07 Å². The Morgan fingerprint density at radius 3 is 2.67 bits per heavy atom. The fourth-order valence-corrected chi connectivity index (χ4v) is 4.19. The zero-order valence-corrected chi connectivity index (χ0v) is 14.2. The molecule has 0 saturated heterocycles. The van der Waals surface area contributed by atoms with Crippen LogP contribution < -0.4 is 5.32 Å². The van der Waals surface area contributed by atoms with Gasteiger partial charge in [-0.15, -0.1) is 11.3 Å². The molecule has 0 aliphatic carbocycles. The topological polar surface area (TPSA) is 12.0 Å². The first-order chi connectivity index (χ1) is 10.1. The summed E-state index contributed by atoms with van der Waals surface area (Å²) in [5.74, 6) is -0.238. The van der Waals surface area contributed by atoms with E-state index in [1.807, 2.05) is 11.3 Å². The molecule has 21 heavy (non-hydrogen) atoms. The lowest BCUT2D eigenvalue weighted by Crippen LogP contribution is -2.06. The van der Waals surface area contributed by atoms with Gasteiger partial charge in [0, 0.05) is 19.7 Å². The standard InChI is InChI=1S/C17H15BrFNS/c1-10-13-5-3-4-6-16(13)21-17(10)11(2)20-15-8-7-12(19)9-14(15)18/h3-9,11,20H,1-2H3. The third kappa shape index (κ3) is 2.83. The van der Waals surface area contributed by atoms with Crippen LogP contribution in [-0.2, 0) is 0 Å². The minimum absolute atomic E-state index is 0.171. The monoisotopic (exact) mass is 363 g/mol. The summed E-state index contributed by atoms with van der Waals surface area (Å²) in [5, 5.41) is 4.76. The maximum atomic E-state index is 13.2. The van der Waals surface area contributed by atoms with Crippen molar-refractivity contribution >= 4 is 43.0 Å². The van der Waals surface area contributed by atoms with E-state index in [1.165, 1.54) is 32.7 Å². The highest BCUT2D eigenvalue weighted by molar-refractivity contribution is 9.10. The van der Waals surface area contributed by atoms with Crippen LogP contribution in [0.4, 0.5) is 10.1 Å². The van der Waals surface area contributed by atoms with E-state index in [0.29, 0.717) is 0 Å². The van der Waals surface area contributed by atoms with Crippen LogP contribution in [0.15, 0.2) is 46.9 Å². The first-order valence-corrected chi connectivity index (χ1v) is 8.37. The molecule has 2 aromatic carbocycles. The summed E-state index contributed by atoms with van der Waals surface area (Å²) >= 11 is 5.21. The van der Waals surface area contributed by atoms with Crippen LogP contribution in [0, 0.1) is 12.7 Å². The Kier molecular flexibility index (Phi) is 4.00. The van der Waals surface area contributed by atoms with E-state index in [-0.39, 0.29) is 11.9 Å². The van der Waals surface area contributed by atoms with Crippen LogP contribution in [0.5, 0.6) is 0 Å². The summed E-state index contributed by atoms with van der Waals surface area (Å²) in [7, 11) is 0. The number of halogens is 2. The molecule has 0 saturated carbocycles. The van der Waals surface area contributed by atoms with Gasteiger partial charge in [0.2, 0.25) is 0 Å². The van der Waals surface area contributed by atoms with Crippen molar-refractivity contribution < 1.29 is 4.39 Å². The molecule has 4 heteroatoms. The second-order valence-corrected chi connectivity index (χ2v) is 7.02. The summed E-state index contributed by atoms with van der Waals surface area (Å²) in [5.41, 5.74) is 2.22. The smallest absolute Gasteiger partial charge is 0.124 e. The first kappa shape index (κ1) is 14.5. The first-order valence-electron chi connectivity index (χ1n) is 6.76. The molecule has 1 aromatic heterocycles. The highest BCUT2D eigenvalue weighted by Crippen LogP contribution is 2.36. The van der Waals surface area contributed by atoms with Gasteiger partial charge in [0.1, 0.15) is 5.82 Å².